The van der Waals surface area contributed by atoms with Crippen molar-refractivity contribution >= 4 is 23.6 Å². The smallest absolute Gasteiger partial charge is 0.415 e. The molecule has 0 unspecified atom stereocenters. The summed E-state index contributed by atoms with van der Waals surface area (Å²) in [4.78, 5) is 27.9. The molecule has 1 fully saturated rings. The van der Waals surface area contributed by atoms with Gasteiger partial charge in [-0.25, -0.2) is 4.79 Å². The van der Waals surface area contributed by atoms with Crippen LogP contribution in [-0.4, -0.2) is 54.6 Å². The monoisotopic (exact) mass is 402 g/mol. The van der Waals surface area contributed by atoms with Crippen molar-refractivity contribution in [3.05, 3.63) is 58.6 Å². The summed E-state index contributed by atoms with van der Waals surface area (Å²) < 4.78 is 11.0. The number of halogens is 1. The number of hydrogen-bond donors (Lipinski definition) is 0. The van der Waals surface area contributed by atoms with E-state index in [-0.39, 0.29) is 12.5 Å². The third-order valence-electron chi connectivity index (χ3n) is 4.61. The fourth-order valence-corrected chi connectivity index (χ4v) is 3.13. The lowest BCUT2D eigenvalue weighted by atomic mass is 10.1. The number of hydrogen-bond acceptors (Lipinski definition) is 4. The van der Waals surface area contributed by atoms with E-state index in [0.29, 0.717) is 42.7 Å². The topological polar surface area (TPSA) is 59.1 Å². The van der Waals surface area contributed by atoms with Gasteiger partial charge in [0.1, 0.15) is 11.5 Å². The maximum Gasteiger partial charge on any atom is 0.415 e. The van der Waals surface area contributed by atoms with Crippen molar-refractivity contribution < 1.29 is 19.1 Å². The molecule has 1 aliphatic rings. The first-order chi connectivity index (χ1) is 13.4. The van der Waals surface area contributed by atoms with E-state index in [9.17, 15) is 9.59 Å². The average molecular weight is 403 g/mol. The zero-order chi connectivity index (χ0) is 20.1. The second-order valence-electron chi connectivity index (χ2n) is 6.71. The molecule has 1 saturated heterocycles. The van der Waals surface area contributed by atoms with Gasteiger partial charge in [0.2, 0.25) is 0 Å². The lowest BCUT2D eigenvalue weighted by molar-refractivity contribution is -0.134. The molecule has 0 atom stereocenters. The predicted octanol–water partition coefficient (Wildman–Crippen LogP) is 3.68. The van der Waals surface area contributed by atoms with Gasteiger partial charge < -0.3 is 19.3 Å². The standard InChI is InChI=1S/C21H23ClN2O4/c1-15-12-18(13-16(2)20(15)22)27-14-19(25)23-8-10-24(11-9-23)21(26)28-17-6-4-3-5-7-17/h3-7,12-13H,8-11,14H2,1-2H3. The van der Waals surface area contributed by atoms with Gasteiger partial charge in [0.25, 0.3) is 5.91 Å². The molecule has 0 N–H and O–H groups in total. The molecule has 0 aromatic heterocycles. The van der Waals surface area contributed by atoms with Gasteiger partial charge in [-0.05, 0) is 49.2 Å². The Bertz CT molecular complexity index is 826. The maximum atomic E-state index is 12.4. The van der Waals surface area contributed by atoms with E-state index >= 15 is 0 Å². The van der Waals surface area contributed by atoms with E-state index in [4.69, 9.17) is 21.1 Å². The molecule has 7 heteroatoms. The number of ether oxygens (including phenoxy) is 2. The summed E-state index contributed by atoms with van der Waals surface area (Å²) >= 11 is 6.15. The molecule has 0 saturated carbocycles. The van der Waals surface area contributed by atoms with Crippen molar-refractivity contribution in [2.45, 2.75) is 13.8 Å². The number of carbonyl (C=O) groups is 2. The van der Waals surface area contributed by atoms with Crippen molar-refractivity contribution in [2.24, 2.45) is 0 Å². The molecular formula is C21H23ClN2O4. The van der Waals surface area contributed by atoms with Crippen LogP contribution in [0.3, 0.4) is 0 Å². The van der Waals surface area contributed by atoms with E-state index < -0.39 is 6.09 Å². The minimum Gasteiger partial charge on any atom is -0.484 e. The quantitative estimate of drug-likeness (QED) is 0.782. The largest absolute Gasteiger partial charge is 0.484 e. The highest BCUT2D eigenvalue weighted by molar-refractivity contribution is 6.32. The second-order valence-corrected chi connectivity index (χ2v) is 7.09. The number of para-hydroxylation sites is 1. The van der Waals surface area contributed by atoms with Crippen LogP contribution in [0.1, 0.15) is 11.1 Å². The first kappa shape index (κ1) is 20.0. The van der Waals surface area contributed by atoms with Crippen LogP contribution in [0.5, 0.6) is 11.5 Å². The number of rotatable bonds is 4. The number of piperazine rings is 1. The molecule has 148 valence electrons. The van der Waals surface area contributed by atoms with E-state index in [1.165, 1.54) is 0 Å². The van der Waals surface area contributed by atoms with Crippen molar-refractivity contribution in [3.63, 3.8) is 0 Å². The Morgan fingerprint density at radius 3 is 2.11 bits per heavy atom. The number of nitrogens with zero attached hydrogens (tertiary/aromatic N) is 2. The van der Waals surface area contributed by atoms with Crippen LogP contribution in [0.4, 0.5) is 4.79 Å². The highest BCUT2D eigenvalue weighted by Crippen LogP contribution is 2.25. The first-order valence-electron chi connectivity index (χ1n) is 9.13. The average Bonchev–Trinajstić information content (AvgIpc) is 2.71. The molecule has 2 aromatic carbocycles. The molecular weight excluding hydrogens is 380 g/mol. The SMILES string of the molecule is Cc1cc(OCC(=O)N2CCN(C(=O)Oc3ccccc3)CC2)cc(C)c1Cl. The summed E-state index contributed by atoms with van der Waals surface area (Å²) in [6.45, 7) is 5.51. The summed E-state index contributed by atoms with van der Waals surface area (Å²) in [7, 11) is 0. The summed E-state index contributed by atoms with van der Waals surface area (Å²) in [6, 6.07) is 12.6. The van der Waals surface area contributed by atoms with Gasteiger partial charge >= 0.3 is 6.09 Å². The zero-order valence-corrected chi connectivity index (χ0v) is 16.7. The van der Waals surface area contributed by atoms with E-state index in [0.717, 1.165) is 11.1 Å². The van der Waals surface area contributed by atoms with Crippen molar-refractivity contribution in [1.82, 2.24) is 9.80 Å². The van der Waals surface area contributed by atoms with Gasteiger partial charge in [-0.15, -0.1) is 0 Å². The van der Waals surface area contributed by atoms with Crippen LogP contribution in [-0.2, 0) is 4.79 Å². The van der Waals surface area contributed by atoms with Crippen LogP contribution in [0.15, 0.2) is 42.5 Å². The lowest BCUT2D eigenvalue weighted by Gasteiger charge is -2.34. The molecule has 28 heavy (non-hydrogen) atoms. The number of benzene rings is 2. The van der Waals surface area contributed by atoms with Crippen LogP contribution >= 0.6 is 11.6 Å². The summed E-state index contributed by atoms with van der Waals surface area (Å²) in [5, 5.41) is 0.706. The molecule has 0 bridgehead atoms. The minimum absolute atomic E-state index is 0.0467. The van der Waals surface area contributed by atoms with Gasteiger partial charge in [0.15, 0.2) is 6.61 Å². The van der Waals surface area contributed by atoms with Crippen LogP contribution in [0.2, 0.25) is 5.02 Å². The van der Waals surface area contributed by atoms with Gasteiger partial charge in [-0.3, -0.25) is 4.79 Å². The van der Waals surface area contributed by atoms with Gasteiger partial charge in [-0.1, -0.05) is 29.8 Å². The molecule has 1 aliphatic heterocycles. The van der Waals surface area contributed by atoms with Crippen molar-refractivity contribution in [3.8, 4) is 11.5 Å². The Morgan fingerprint density at radius 1 is 0.929 bits per heavy atom. The number of amides is 2. The van der Waals surface area contributed by atoms with Crippen molar-refractivity contribution in [1.29, 1.82) is 0 Å². The minimum atomic E-state index is -0.401. The molecule has 0 aliphatic carbocycles. The molecule has 2 aromatic rings. The van der Waals surface area contributed by atoms with E-state index in [1.807, 2.05) is 44.2 Å². The Hall–Kier alpha value is -2.73. The van der Waals surface area contributed by atoms with Crippen LogP contribution in [0, 0.1) is 13.8 Å². The van der Waals surface area contributed by atoms with Gasteiger partial charge in [-0.2, -0.15) is 0 Å². The third kappa shape index (κ3) is 4.95. The predicted molar refractivity (Wildman–Crippen MR) is 107 cm³/mol. The molecule has 6 nitrogen and oxygen atoms in total. The zero-order valence-electron chi connectivity index (χ0n) is 16.0. The molecule has 2 amide bonds. The fraction of sp³-hybridized carbons (Fsp3) is 0.333. The Kier molecular flexibility index (Phi) is 6.41. The number of aryl methyl sites for hydroxylation is 2. The highest BCUT2D eigenvalue weighted by Gasteiger charge is 2.25. The Balaban J connectivity index is 1.46. The Morgan fingerprint density at radius 2 is 1.50 bits per heavy atom. The third-order valence-corrected chi connectivity index (χ3v) is 5.21. The first-order valence-corrected chi connectivity index (χ1v) is 9.51. The van der Waals surface area contributed by atoms with E-state index in [2.05, 4.69) is 0 Å². The maximum absolute atomic E-state index is 12.4. The van der Waals surface area contributed by atoms with E-state index in [1.54, 1.807) is 21.9 Å². The molecule has 0 radical (unpaired) electrons. The van der Waals surface area contributed by atoms with Gasteiger partial charge in [0.05, 0.1) is 0 Å². The fourth-order valence-electron chi connectivity index (χ4n) is 3.02. The van der Waals surface area contributed by atoms with Gasteiger partial charge in [0, 0.05) is 31.2 Å². The van der Waals surface area contributed by atoms with Crippen molar-refractivity contribution in [2.75, 3.05) is 32.8 Å². The Labute approximate surface area is 169 Å². The molecule has 0 spiro atoms. The summed E-state index contributed by atoms with van der Waals surface area (Å²) in [5.41, 5.74) is 1.82. The lowest BCUT2D eigenvalue weighted by Crippen LogP contribution is -2.52. The molecule has 3 rings (SSSR count). The summed E-state index contributed by atoms with van der Waals surface area (Å²) in [5.74, 6) is 1.02. The van der Waals surface area contributed by atoms with Crippen LogP contribution < -0.4 is 9.47 Å². The van der Waals surface area contributed by atoms with Crippen LogP contribution in [0.25, 0.3) is 0 Å². The molecule has 1 heterocycles. The number of carbonyl (C=O) groups excluding carboxylic acids is 2. The highest BCUT2D eigenvalue weighted by atomic mass is 35.5. The second kappa shape index (κ2) is 8.97. The normalized spacial score (nSPS) is 14.0. The summed E-state index contributed by atoms with van der Waals surface area (Å²) in [6.07, 6.45) is -0.401.